The van der Waals surface area contributed by atoms with Crippen molar-refractivity contribution in [3.8, 4) is 0 Å². The van der Waals surface area contributed by atoms with Gasteiger partial charge in [0.25, 0.3) is 5.91 Å². The van der Waals surface area contributed by atoms with Gasteiger partial charge < -0.3 is 10.1 Å². The van der Waals surface area contributed by atoms with Gasteiger partial charge in [-0.1, -0.05) is 56.2 Å². The summed E-state index contributed by atoms with van der Waals surface area (Å²) >= 11 is 0. The molecule has 4 nitrogen and oxygen atoms in total. The van der Waals surface area contributed by atoms with Gasteiger partial charge in [0.1, 0.15) is 0 Å². The van der Waals surface area contributed by atoms with Crippen LogP contribution in [0.5, 0.6) is 0 Å². The number of ether oxygens (including phenoxy) is 1. The zero-order valence-corrected chi connectivity index (χ0v) is 14.8. The maximum atomic E-state index is 12.5. The van der Waals surface area contributed by atoms with Crippen LogP contribution in [0.3, 0.4) is 0 Å². The molecule has 3 unspecified atom stereocenters. The van der Waals surface area contributed by atoms with Crippen LogP contribution in [0.2, 0.25) is 0 Å². The van der Waals surface area contributed by atoms with E-state index >= 15 is 0 Å². The number of benzene rings is 2. The van der Waals surface area contributed by atoms with Crippen LogP contribution in [0.15, 0.2) is 42.5 Å². The van der Waals surface area contributed by atoms with Gasteiger partial charge in [-0.05, 0) is 42.5 Å². The molecule has 2 aromatic carbocycles. The highest BCUT2D eigenvalue weighted by Gasteiger charge is 2.26. The second-order valence-corrected chi connectivity index (χ2v) is 6.95. The molecule has 0 heterocycles. The minimum atomic E-state index is -0.805. The summed E-state index contributed by atoms with van der Waals surface area (Å²) in [5, 5.41) is 4.86. The van der Waals surface area contributed by atoms with E-state index in [0.29, 0.717) is 11.5 Å². The third-order valence-corrected chi connectivity index (χ3v) is 5.10. The zero-order valence-electron chi connectivity index (χ0n) is 14.8. The molecule has 0 radical (unpaired) electrons. The SMILES string of the molecule is CC(OC(=O)c1cccc2ccccc12)C(=O)NC1CCCCC1C. The summed E-state index contributed by atoms with van der Waals surface area (Å²) in [7, 11) is 0. The van der Waals surface area contributed by atoms with E-state index in [-0.39, 0.29) is 11.9 Å². The maximum Gasteiger partial charge on any atom is 0.339 e. The summed E-state index contributed by atoms with van der Waals surface area (Å²) < 4.78 is 5.43. The fourth-order valence-corrected chi connectivity index (χ4v) is 3.51. The molecule has 1 amide bonds. The Labute approximate surface area is 148 Å². The smallest absolute Gasteiger partial charge is 0.339 e. The van der Waals surface area contributed by atoms with E-state index in [4.69, 9.17) is 4.74 Å². The number of hydrogen-bond acceptors (Lipinski definition) is 3. The van der Waals surface area contributed by atoms with Gasteiger partial charge in [-0.2, -0.15) is 0 Å². The molecule has 25 heavy (non-hydrogen) atoms. The monoisotopic (exact) mass is 339 g/mol. The lowest BCUT2D eigenvalue weighted by Crippen LogP contribution is -2.46. The Morgan fingerprint density at radius 3 is 2.60 bits per heavy atom. The van der Waals surface area contributed by atoms with Gasteiger partial charge in [0, 0.05) is 6.04 Å². The van der Waals surface area contributed by atoms with Gasteiger partial charge in [-0.25, -0.2) is 4.79 Å². The van der Waals surface area contributed by atoms with Crippen molar-refractivity contribution in [2.24, 2.45) is 5.92 Å². The molecular formula is C21H25NO3. The van der Waals surface area contributed by atoms with Gasteiger partial charge in [0.2, 0.25) is 0 Å². The lowest BCUT2D eigenvalue weighted by atomic mass is 9.86. The number of carbonyl (C=O) groups excluding carboxylic acids is 2. The van der Waals surface area contributed by atoms with E-state index in [0.717, 1.165) is 30.0 Å². The molecule has 1 N–H and O–H groups in total. The molecule has 3 atom stereocenters. The van der Waals surface area contributed by atoms with Crippen molar-refractivity contribution >= 4 is 22.6 Å². The minimum Gasteiger partial charge on any atom is -0.449 e. The number of hydrogen-bond donors (Lipinski definition) is 1. The zero-order chi connectivity index (χ0) is 17.8. The molecule has 0 aromatic heterocycles. The lowest BCUT2D eigenvalue weighted by molar-refractivity contribution is -0.130. The van der Waals surface area contributed by atoms with Crippen molar-refractivity contribution < 1.29 is 14.3 Å². The van der Waals surface area contributed by atoms with E-state index in [2.05, 4.69) is 12.2 Å². The third kappa shape index (κ3) is 4.01. The summed E-state index contributed by atoms with van der Waals surface area (Å²) in [4.78, 5) is 24.9. The Hall–Kier alpha value is -2.36. The van der Waals surface area contributed by atoms with Gasteiger partial charge in [-0.3, -0.25) is 4.79 Å². The van der Waals surface area contributed by atoms with Crippen LogP contribution in [0.25, 0.3) is 10.8 Å². The molecule has 0 saturated heterocycles. The number of fused-ring (bicyclic) bond motifs is 1. The highest BCUT2D eigenvalue weighted by molar-refractivity contribution is 6.05. The van der Waals surface area contributed by atoms with Crippen molar-refractivity contribution in [2.75, 3.05) is 0 Å². The van der Waals surface area contributed by atoms with Gasteiger partial charge in [-0.15, -0.1) is 0 Å². The summed E-state index contributed by atoms with van der Waals surface area (Å²) in [5.41, 5.74) is 0.490. The average Bonchev–Trinajstić information content (AvgIpc) is 2.63. The number of carbonyl (C=O) groups is 2. The Balaban J connectivity index is 1.66. The fraction of sp³-hybridized carbons (Fsp3) is 0.429. The Kier molecular flexibility index (Phi) is 5.37. The highest BCUT2D eigenvalue weighted by atomic mass is 16.5. The number of esters is 1. The first-order valence-corrected chi connectivity index (χ1v) is 9.05. The van der Waals surface area contributed by atoms with E-state index in [1.54, 1.807) is 13.0 Å². The van der Waals surface area contributed by atoms with Crippen LogP contribution in [0.1, 0.15) is 49.9 Å². The molecule has 132 valence electrons. The second-order valence-electron chi connectivity index (χ2n) is 6.95. The summed E-state index contributed by atoms with van der Waals surface area (Å²) in [6.07, 6.45) is 3.69. The molecule has 1 saturated carbocycles. The number of amides is 1. The average molecular weight is 339 g/mol. The normalized spacial score (nSPS) is 21.5. The summed E-state index contributed by atoms with van der Waals surface area (Å²) in [6.45, 7) is 3.79. The topological polar surface area (TPSA) is 55.4 Å². The van der Waals surface area contributed by atoms with Crippen molar-refractivity contribution in [2.45, 2.75) is 51.7 Å². The molecule has 2 aromatic rings. The molecule has 1 fully saturated rings. The van der Waals surface area contributed by atoms with Crippen LogP contribution in [-0.4, -0.2) is 24.0 Å². The van der Waals surface area contributed by atoms with E-state index in [1.165, 1.54) is 6.42 Å². The van der Waals surface area contributed by atoms with E-state index < -0.39 is 12.1 Å². The van der Waals surface area contributed by atoms with Crippen molar-refractivity contribution in [1.29, 1.82) is 0 Å². The van der Waals surface area contributed by atoms with Crippen molar-refractivity contribution in [3.05, 3.63) is 48.0 Å². The maximum absolute atomic E-state index is 12.5. The van der Waals surface area contributed by atoms with Crippen LogP contribution >= 0.6 is 0 Å². The van der Waals surface area contributed by atoms with Crippen molar-refractivity contribution in [1.82, 2.24) is 5.32 Å². The first kappa shape index (κ1) is 17.5. The third-order valence-electron chi connectivity index (χ3n) is 5.10. The Morgan fingerprint density at radius 2 is 1.80 bits per heavy atom. The molecular weight excluding hydrogens is 314 g/mol. The van der Waals surface area contributed by atoms with Crippen LogP contribution in [-0.2, 0) is 9.53 Å². The molecule has 0 spiro atoms. The second kappa shape index (κ2) is 7.68. The van der Waals surface area contributed by atoms with Crippen molar-refractivity contribution in [3.63, 3.8) is 0 Å². The molecule has 3 rings (SSSR count). The Bertz CT molecular complexity index is 765. The van der Waals surface area contributed by atoms with Gasteiger partial charge in [0.05, 0.1) is 5.56 Å². The first-order chi connectivity index (χ1) is 12.1. The van der Waals surface area contributed by atoms with E-state index in [1.807, 2.05) is 36.4 Å². The highest BCUT2D eigenvalue weighted by Crippen LogP contribution is 2.24. The molecule has 4 heteroatoms. The summed E-state index contributed by atoms with van der Waals surface area (Å²) in [6, 6.07) is 13.4. The largest absolute Gasteiger partial charge is 0.449 e. The predicted octanol–water partition coefficient (Wildman–Crippen LogP) is 4.08. The number of nitrogens with one attached hydrogen (secondary N) is 1. The predicted molar refractivity (Wildman–Crippen MR) is 98.4 cm³/mol. The van der Waals surface area contributed by atoms with Crippen LogP contribution < -0.4 is 5.32 Å². The standard InChI is InChI=1S/C21H25NO3/c1-14-8-3-6-13-19(14)22-20(23)15(2)25-21(24)18-12-7-10-16-9-4-5-11-17(16)18/h4-5,7,9-12,14-15,19H,3,6,8,13H2,1-2H3,(H,22,23). The molecule has 1 aliphatic rings. The molecule has 0 bridgehead atoms. The minimum absolute atomic E-state index is 0.181. The van der Waals surface area contributed by atoms with Crippen LogP contribution in [0.4, 0.5) is 0 Å². The van der Waals surface area contributed by atoms with Gasteiger partial charge in [0.15, 0.2) is 6.10 Å². The fourth-order valence-electron chi connectivity index (χ4n) is 3.51. The lowest BCUT2D eigenvalue weighted by Gasteiger charge is -2.30. The molecule has 1 aliphatic carbocycles. The van der Waals surface area contributed by atoms with Crippen LogP contribution in [0, 0.1) is 5.92 Å². The van der Waals surface area contributed by atoms with E-state index in [9.17, 15) is 9.59 Å². The molecule has 0 aliphatic heterocycles. The first-order valence-electron chi connectivity index (χ1n) is 9.05. The number of rotatable bonds is 4. The quantitative estimate of drug-likeness (QED) is 0.854. The Morgan fingerprint density at radius 1 is 1.08 bits per heavy atom. The van der Waals surface area contributed by atoms with Gasteiger partial charge >= 0.3 is 5.97 Å². The summed E-state index contributed by atoms with van der Waals surface area (Å²) in [5.74, 6) is -0.206.